The summed E-state index contributed by atoms with van der Waals surface area (Å²) in [6, 6.07) is 10.6. The summed E-state index contributed by atoms with van der Waals surface area (Å²) < 4.78 is 23.5. The van der Waals surface area contributed by atoms with Crippen LogP contribution in [0.2, 0.25) is 15.1 Å². The monoisotopic (exact) mass is 510 g/mol. The van der Waals surface area contributed by atoms with E-state index in [2.05, 4.69) is 0 Å². The van der Waals surface area contributed by atoms with Gasteiger partial charge in [-0.3, -0.25) is 0 Å². The zero-order chi connectivity index (χ0) is 21.6. The van der Waals surface area contributed by atoms with Gasteiger partial charge in [-0.2, -0.15) is 0 Å². The summed E-state index contributed by atoms with van der Waals surface area (Å²) in [6.07, 6.45) is 2.79. The molecule has 0 spiro atoms. The molecule has 0 N–H and O–H groups in total. The first-order valence-corrected chi connectivity index (χ1v) is 11.1. The van der Waals surface area contributed by atoms with Gasteiger partial charge in [-0.25, -0.2) is 0 Å². The first-order valence-electron chi connectivity index (χ1n) is 9.19. The smallest absolute Gasteiger partial charge is 0.198 e. The molecular formula is C21H19Cl5O4. The largest absolute Gasteiger partial charge is 0.490 e. The summed E-state index contributed by atoms with van der Waals surface area (Å²) in [5.74, 6) is -0.0729. The molecule has 1 aliphatic rings. The van der Waals surface area contributed by atoms with Crippen LogP contribution >= 0.6 is 58.0 Å². The lowest BCUT2D eigenvalue weighted by atomic mass is 10.0. The second-order valence-corrected chi connectivity index (χ2v) is 8.69. The maximum atomic E-state index is 6.33. The highest BCUT2D eigenvalue weighted by Gasteiger charge is 2.37. The Morgan fingerprint density at radius 3 is 2.20 bits per heavy atom. The topological polar surface area (TPSA) is 36.9 Å². The maximum absolute atomic E-state index is 6.33. The van der Waals surface area contributed by atoms with Crippen LogP contribution in [-0.4, -0.2) is 26.4 Å². The van der Waals surface area contributed by atoms with Gasteiger partial charge in [0.1, 0.15) is 16.8 Å². The predicted octanol–water partition coefficient (Wildman–Crippen LogP) is 7.40. The number of rotatable bonds is 8. The van der Waals surface area contributed by atoms with Gasteiger partial charge in [0.25, 0.3) is 0 Å². The van der Waals surface area contributed by atoms with Gasteiger partial charge in [0.05, 0.1) is 29.9 Å². The van der Waals surface area contributed by atoms with Crippen molar-refractivity contribution in [2.24, 2.45) is 0 Å². The lowest BCUT2D eigenvalue weighted by Gasteiger charge is -2.37. The quantitative estimate of drug-likeness (QED) is 0.369. The van der Waals surface area contributed by atoms with E-state index in [1.54, 1.807) is 24.3 Å². The van der Waals surface area contributed by atoms with Crippen molar-refractivity contribution in [3.05, 3.63) is 67.6 Å². The summed E-state index contributed by atoms with van der Waals surface area (Å²) in [6.45, 7) is 1.65. The molecule has 1 saturated heterocycles. The molecule has 2 aromatic rings. The van der Waals surface area contributed by atoms with Crippen LogP contribution < -0.4 is 9.47 Å². The Labute approximate surface area is 200 Å². The van der Waals surface area contributed by atoms with Gasteiger partial charge in [0, 0.05) is 29.1 Å². The van der Waals surface area contributed by atoms with Crippen LogP contribution in [0, 0.1) is 0 Å². The van der Waals surface area contributed by atoms with Crippen molar-refractivity contribution in [2.75, 3.05) is 26.4 Å². The fraction of sp³-hybridized carbons (Fsp3) is 0.333. The Bertz CT molecular complexity index is 852. The lowest BCUT2D eigenvalue weighted by Crippen LogP contribution is -2.39. The van der Waals surface area contributed by atoms with Crippen LogP contribution in [0.15, 0.2) is 47.0 Å². The maximum Gasteiger partial charge on any atom is 0.198 e. The molecule has 0 saturated carbocycles. The molecule has 0 aliphatic carbocycles. The zero-order valence-electron chi connectivity index (χ0n) is 15.8. The van der Waals surface area contributed by atoms with E-state index in [1.165, 1.54) is 6.08 Å². The minimum atomic E-state index is -0.905. The molecule has 1 fully saturated rings. The fourth-order valence-electron chi connectivity index (χ4n) is 2.98. The van der Waals surface area contributed by atoms with Crippen molar-refractivity contribution in [2.45, 2.75) is 18.6 Å². The van der Waals surface area contributed by atoms with E-state index in [0.717, 1.165) is 12.0 Å². The lowest BCUT2D eigenvalue weighted by molar-refractivity contribution is -0.281. The summed E-state index contributed by atoms with van der Waals surface area (Å²) in [5, 5.41) is 1.29. The van der Waals surface area contributed by atoms with E-state index in [4.69, 9.17) is 77.0 Å². The second kappa shape index (κ2) is 11.1. The van der Waals surface area contributed by atoms with Crippen molar-refractivity contribution in [3.63, 3.8) is 0 Å². The minimum absolute atomic E-state index is 0.119. The highest BCUT2D eigenvalue weighted by Crippen LogP contribution is 2.39. The van der Waals surface area contributed by atoms with Crippen LogP contribution in [0.4, 0.5) is 0 Å². The SMILES string of the molecule is ClC(Cl)=CCOc1cc(Cl)c(OCCC2(c3ccc(Cl)cc3)OCCCO2)c(Cl)c1. The third kappa shape index (κ3) is 6.33. The number of ether oxygens (including phenoxy) is 4. The molecule has 3 rings (SSSR count). The first kappa shape index (κ1) is 23.8. The average molecular weight is 513 g/mol. The van der Waals surface area contributed by atoms with Gasteiger partial charge in [-0.1, -0.05) is 70.1 Å². The summed E-state index contributed by atoms with van der Waals surface area (Å²) in [7, 11) is 0. The van der Waals surface area contributed by atoms with E-state index < -0.39 is 5.79 Å². The molecule has 0 radical (unpaired) electrons. The van der Waals surface area contributed by atoms with Gasteiger partial charge in [0.2, 0.25) is 0 Å². The molecule has 0 amide bonds. The zero-order valence-corrected chi connectivity index (χ0v) is 19.6. The summed E-state index contributed by atoms with van der Waals surface area (Å²) >= 11 is 29.8. The molecule has 2 aromatic carbocycles. The van der Waals surface area contributed by atoms with E-state index >= 15 is 0 Å². The Kier molecular flexibility index (Phi) is 8.84. The van der Waals surface area contributed by atoms with Gasteiger partial charge in [0.15, 0.2) is 11.5 Å². The van der Waals surface area contributed by atoms with E-state index in [0.29, 0.717) is 46.2 Å². The number of hydrogen-bond acceptors (Lipinski definition) is 4. The van der Waals surface area contributed by atoms with Gasteiger partial charge >= 0.3 is 0 Å². The van der Waals surface area contributed by atoms with Crippen LogP contribution in [0.1, 0.15) is 18.4 Å². The van der Waals surface area contributed by atoms with E-state index in [-0.39, 0.29) is 17.7 Å². The Morgan fingerprint density at radius 2 is 1.60 bits per heavy atom. The molecule has 4 nitrogen and oxygen atoms in total. The standard InChI is InChI=1S/C21H19Cl5O4/c22-15-4-2-14(3-5-15)21(29-8-1-9-30-21)7-11-28-20-17(23)12-16(13-18(20)24)27-10-6-19(25)26/h2-6,12-13H,1,7-11H2. The molecule has 0 bridgehead atoms. The summed E-state index contributed by atoms with van der Waals surface area (Å²) in [4.78, 5) is 0. The van der Waals surface area contributed by atoms with Crippen molar-refractivity contribution < 1.29 is 18.9 Å². The van der Waals surface area contributed by atoms with Crippen LogP contribution in [0.3, 0.4) is 0 Å². The minimum Gasteiger partial charge on any atom is -0.490 e. The molecule has 9 heteroatoms. The molecule has 0 unspecified atom stereocenters. The van der Waals surface area contributed by atoms with Gasteiger partial charge < -0.3 is 18.9 Å². The highest BCUT2D eigenvalue weighted by atomic mass is 35.5. The molecular weight excluding hydrogens is 493 g/mol. The second-order valence-electron chi connectivity index (χ2n) is 6.43. The number of halogens is 5. The highest BCUT2D eigenvalue weighted by molar-refractivity contribution is 6.55. The Balaban J connectivity index is 1.67. The van der Waals surface area contributed by atoms with Crippen molar-refractivity contribution in [1.29, 1.82) is 0 Å². The van der Waals surface area contributed by atoms with Gasteiger partial charge in [-0.05, 0) is 24.6 Å². The summed E-state index contributed by atoms with van der Waals surface area (Å²) in [5.41, 5.74) is 0.877. The normalized spacial score (nSPS) is 15.5. The molecule has 1 heterocycles. The van der Waals surface area contributed by atoms with Crippen LogP contribution in [0.5, 0.6) is 11.5 Å². The van der Waals surface area contributed by atoms with E-state index in [1.807, 2.05) is 12.1 Å². The first-order chi connectivity index (χ1) is 14.4. The van der Waals surface area contributed by atoms with E-state index in [9.17, 15) is 0 Å². The fourth-order valence-corrected chi connectivity index (χ4v) is 3.81. The average Bonchev–Trinajstić information content (AvgIpc) is 2.71. The van der Waals surface area contributed by atoms with Crippen LogP contribution in [-0.2, 0) is 15.3 Å². The molecule has 30 heavy (non-hydrogen) atoms. The number of benzene rings is 2. The molecule has 0 aromatic heterocycles. The van der Waals surface area contributed by atoms with Crippen molar-refractivity contribution >= 4 is 58.0 Å². The van der Waals surface area contributed by atoms with Gasteiger partial charge in [-0.15, -0.1) is 0 Å². The third-order valence-electron chi connectivity index (χ3n) is 4.38. The van der Waals surface area contributed by atoms with Crippen LogP contribution in [0.25, 0.3) is 0 Å². The third-order valence-corrected chi connectivity index (χ3v) is 5.50. The predicted molar refractivity (Wildman–Crippen MR) is 122 cm³/mol. The Hall–Kier alpha value is -0.850. The molecule has 162 valence electrons. The molecule has 0 atom stereocenters. The van der Waals surface area contributed by atoms with Crippen molar-refractivity contribution in [3.8, 4) is 11.5 Å². The number of hydrogen-bond donors (Lipinski definition) is 0. The van der Waals surface area contributed by atoms with Crippen molar-refractivity contribution in [1.82, 2.24) is 0 Å². The Morgan fingerprint density at radius 1 is 0.967 bits per heavy atom. The molecule has 1 aliphatic heterocycles.